The topological polar surface area (TPSA) is 55.6 Å². The molecule has 0 bridgehead atoms. The lowest BCUT2D eigenvalue weighted by atomic mass is 9.75. The predicted octanol–water partition coefficient (Wildman–Crippen LogP) is 4.01. The number of rotatable bonds is 4. The highest BCUT2D eigenvalue weighted by atomic mass is 35.5. The zero-order valence-corrected chi connectivity index (χ0v) is 16.1. The van der Waals surface area contributed by atoms with Crippen molar-refractivity contribution in [2.75, 3.05) is 7.11 Å². The highest BCUT2D eigenvalue weighted by Gasteiger charge is 2.35. The van der Waals surface area contributed by atoms with E-state index in [1.165, 1.54) is 0 Å². The van der Waals surface area contributed by atoms with Crippen LogP contribution in [0.3, 0.4) is 0 Å². The van der Waals surface area contributed by atoms with Crippen LogP contribution in [0.4, 0.5) is 0 Å². The highest BCUT2D eigenvalue weighted by molar-refractivity contribution is 6.29. The summed E-state index contributed by atoms with van der Waals surface area (Å²) in [6.45, 7) is 6.15. The van der Waals surface area contributed by atoms with Crippen LogP contribution in [-0.4, -0.2) is 34.0 Å². The Kier molecular flexibility index (Phi) is 5.07. The van der Waals surface area contributed by atoms with Crippen LogP contribution >= 0.6 is 11.6 Å². The molecular weight excluding hydrogens is 338 g/mol. The van der Waals surface area contributed by atoms with E-state index in [1.807, 2.05) is 17.5 Å². The molecular formula is C19H26ClN3O2. The normalized spacial score (nSPS) is 21.5. The van der Waals surface area contributed by atoms with Crippen molar-refractivity contribution in [3.05, 3.63) is 34.7 Å². The average Bonchev–Trinajstić information content (AvgIpc) is 2.98. The van der Waals surface area contributed by atoms with Gasteiger partial charge in [-0.05, 0) is 64.5 Å². The number of nitrogens with one attached hydrogen (secondary N) is 1. The fourth-order valence-electron chi connectivity index (χ4n) is 3.86. The van der Waals surface area contributed by atoms with E-state index < -0.39 is 0 Å². The zero-order chi connectivity index (χ0) is 18.2. The standard InChI is InChI=1S/C19H26ClN3O2/c1-12-11-16(20)21-17-15(9-10-23(12)17)18(24)22-19(2,3)13-5-7-14(25-4)8-6-13/h9-11,13-14H,5-8H2,1-4H3,(H,22,24). The Morgan fingerprint density at radius 1 is 1.36 bits per heavy atom. The number of ether oxygens (including phenoxy) is 1. The molecule has 136 valence electrons. The van der Waals surface area contributed by atoms with E-state index in [4.69, 9.17) is 16.3 Å². The van der Waals surface area contributed by atoms with Crippen LogP contribution < -0.4 is 5.32 Å². The molecule has 6 heteroatoms. The summed E-state index contributed by atoms with van der Waals surface area (Å²) in [5.74, 6) is 0.338. The highest BCUT2D eigenvalue weighted by Crippen LogP contribution is 2.34. The number of methoxy groups -OCH3 is 1. The van der Waals surface area contributed by atoms with Gasteiger partial charge < -0.3 is 14.5 Å². The molecule has 5 nitrogen and oxygen atoms in total. The first-order valence-corrected chi connectivity index (χ1v) is 9.19. The molecule has 1 saturated carbocycles. The van der Waals surface area contributed by atoms with Crippen molar-refractivity contribution in [1.82, 2.24) is 14.7 Å². The Balaban J connectivity index is 1.78. The SMILES string of the molecule is COC1CCC(C(C)(C)NC(=O)c2ccn3c(C)cc(Cl)nc23)CC1. The van der Waals surface area contributed by atoms with E-state index in [9.17, 15) is 4.79 Å². The molecule has 25 heavy (non-hydrogen) atoms. The van der Waals surface area contributed by atoms with Crippen molar-refractivity contribution in [3.8, 4) is 0 Å². The van der Waals surface area contributed by atoms with Crippen molar-refractivity contribution in [2.24, 2.45) is 5.92 Å². The number of aryl methyl sites for hydroxylation is 1. The first-order valence-electron chi connectivity index (χ1n) is 8.81. The van der Waals surface area contributed by atoms with Gasteiger partial charge in [0.05, 0.1) is 11.7 Å². The van der Waals surface area contributed by atoms with Crippen LogP contribution in [0.2, 0.25) is 5.15 Å². The Bertz CT molecular complexity index is 776. The lowest BCUT2D eigenvalue weighted by Crippen LogP contribution is -2.50. The van der Waals surface area contributed by atoms with Gasteiger partial charge in [-0.25, -0.2) is 4.98 Å². The van der Waals surface area contributed by atoms with E-state index >= 15 is 0 Å². The van der Waals surface area contributed by atoms with Gasteiger partial charge in [-0.15, -0.1) is 0 Å². The number of fused-ring (bicyclic) bond motifs is 1. The third-order valence-corrected chi connectivity index (χ3v) is 5.68. The number of nitrogens with zero attached hydrogens (tertiary/aromatic N) is 2. The van der Waals surface area contributed by atoms with E-state index in [2.05, 4.69) is 24.1 Å². The molecule has 0 radical (unpaired) electrons. The fourth-order valence-corrected chi connectivity index (χ4v) is 4.10. The Morgan fingerprint density at radius 3 is 2.68 bits per heavy atom. The Labute approximate surface area is 153 Å². The van der Waals surface area contributed by atoms with Crippen molar-refractivity contribution in [1.29, 1.82) is 0 Å². The van der Waals surface area contributed by atoms with Gasteiger partial charge in [0.25, 0.3) is 5.91 Å². The number of amides is 1. The van der Waals surface area contributed by atoms with E-state index in [-0.39, 0.29) is 11.4 Å². The largest absolute Gasteiger partial charge is 0.381 e. The van der Waals surface area contributed by atoms with Gasteiger partial charge in [-0.2, -0.15) is 0 Å². The number of carbonyl (C=O) groups excluding carboxylic acids is 1. The van der Waals surface area contributed by atoms with Crippen molar-refractivity contribution in [3.63, 3.8) is 0 Å². The molecule has 0 aliphatic heterocycles. The van der Waals surface area contributed by atoms with Gasteiger partial charge in [-0.3, -0.25) is 4.79 Å². The summed E-state index contributed by atoms with van der Waals surface area (Å²) < 4.78 is 7.34. The molecule has 0 atom stereocenters. The number of halogens is 1. The van der Waals surface area contributed by atoms with Crippen LogP contribution in [0.5, 0.6) is 0 Å². The van der Waals surface area contributed by atoms with Crippen molar-refractivity contribution >= 4 is 23.2 Å². The fraction of sp³-hybridized carbons (Fsp3) is 0.579. The van der Waals surface area contributed by atoms with Gasteiger partial charge in [0, 0.05) is 24.5 Å². The zero-order valence-electron chi connectivity index (χ0n) is 15.3. The summed E-state index contributed by atoms with van der Waals surface area (Å²) in [6, 6.07) is 3.59. The van der Waals surface area contributed by atoms with Crippen LogP contribution in [-0.2, 0) is 4.74 Å². The summed E-state index contributed by atoms with van der Waals surface area (Å²) >= 11 is 6.07. The van der Waals surface area contributed by atoms with Crippen molar-refractivity contribution in [2.45, 2.75) is 58.1 Å². The molecule has 3 rings (SSSR count). The second-order valence-corrected chi connectivity index (χ2v) is 7.92. The second kappa shape index (κ2) is 6.96. The van der Waals surface area contributed by atoms with E-state index in [1.54, 1.807) is 19.2 Å². The summed E-state index contributed by atoms with van der Waals surface area (Å²) in [6.07, 6.45) is 6.43. The second-order valence-electron chi connectivity index (χ2n) is 7.53. The van der Waals surface area contributed by atoms with Gasteiger partial charge >= 0.3 is 0 Å². The lowest BCUT2D eigenvalue weighted by Gasteiger charge is -2.39. The lowest BCUT2D eigenvalue weighted by molar-refractivity contribution is 0.0397. The first-order chi connectivity index (χ1) is 11.8. The van der Waals surface area contributed by atoms with Gasteiger partial charge in [-0.1, -0.05) is 11.6 Å². The Morgan fingerprint density at radius 2 is 2.04 bits per heavy atom. The molecule has 0 unspecified atom stereocenters. The Hall–Kier alpha value is -1.59. The smallest absolute Gasteiger partial charge is 0.255 e. The summed E-state index contributed by atoms with van der Waals surface area (Å²) in [5.41, 5.74) is 1.83. The number of carbonyl (C=O) groups is 1. The number of hydrogen-bond donors (Lipinski definition) is 1. The molecule has 0 spiro atoms. The summed E-state index contributed by atoms with van der Waals surface area (Å²) in [5, 5.41) is 3.61. The van der Waals surface area contributed by atoms with Crippen LogP contribution in [0.15, 0.2) is 18.3 Å². The number of hydrogen-bond acceptors (Lipinski definition) is 3. The minimum atomic E-state index is -0.280. The quantitative estimate of drug-likeness (QED) is 0.835. The van der Waals surface area contributed by atoms with Gasteiger partial charge in [0.1, 0.15) is 5.15 Å². The third kappa shape index (κ3) is 3.67. The maximum Gasteiger partial charge on any atom is 0.255 e. The van der Waals surface area contributed by atoms with Gasteiger partial charge in [0.2, 0.25) is 0 Å². The molecule has 2 aromatic rings. The first kappa shape index (κ1) is 18.2. The maximum absolute atomic E-state index is 12.9. The molecule has 1 N–H and O–H groups in total. The molecule has 0 saturated heterocycles. The van der Waals surface area contributed by atoms with Crippen LogP contribution in [0.1, 0.15) is 55.6 Å². The summed E-state index contributed by atoms with van der Waals surface area (Å²) in [7, 11) is 1.77. The third-order valence-electron chi connectivity index (χ3n) is 5.49. The molecule has 2 aromatic heterocycles. The molecule has 1 fully saturated rings. The van der Waals surface area contributed by atoms with Crippen LogP contribution in [0, 0.1) is 12.8 Å². The van der Waals surface area contributed by atoms with Gasteiger partial charge in [0.15, 0.2) is 5.65 Å². The van der Waals surface area contributed by atoms with Crippen molar-refractivity contribution < 1.29 is 9.53 Å². The van der Waals surface area contributed by atoms with E-state index in [0.29, 0.717) is 28.4 Å². The minimum Gasteiger partial charge on any atom is -0.381 e. The molecule has 0 aromatic carbocycles. The molecule has 1 aliphatic carbocycles. The summed E-state index contributed by atoms with van der Waals surface area (Å²) in [4.78, 5) is 17.2. The molecule has 1 amide bonds. The molecule has 1 aliphatic rings. The minimum absolute atomic E-state index is 0.101. The average molecular weight is 364 g/mol. The predicted molar refractivity (Wildman–Crippen MR) is 99.2 cm³/mol. The van der Waals surface area contributed by atoms with Crippen LogP contribution in [0.25, 0.3) is 5.65 Å². The number of aromatic nitrogens is 2. The monoisotopic (exact) mass is 363 g/mol. The molecule has 2 heterocycles. The van der Waals surface area contributed by atoms with E-state index in [0.717, 1.165) is 31.4 Å². The maximum atomic E-state index is 12.9.